The van der Waals surface area contributed by atoms with E-state index in [0.717, 1.165) is 40.2 Å². The molecule has 2 aromatic carbocycles. The number of hydrogen-bond donors (Lipinski definition) is 1. The van der Waals surface area contributed by atoms with Crippen molar-refractivity contribution in [2.45, 2.75) is 45.6 Å². The third-order valence-corrected chi connectivity index (χ3v) is 8.77. The second kappa shape index (κ2) is 11.8. The Kier molecular flexibility index (Phi) is 7.88. The van der Waals surface area contributed by atoms with Gasteiger partial charge in [0.25, 0.3) is 0 Å². The van der Waals surface area contributed by atoms with Crippen molar-refractivity contribution in [3.05, 3.63) is 94.8 Å². The predicted molar refractivity (Wildman–Crippen MR) is 167 cm³/mol. The third-order valence-electron chi connectivity index (χ3n) is 8.48. The van der Waals surface area contributed by atoms with Crippen LogP contribution in [0.2, 0.25) is 5.02 Å². The minimum absolute atomic E-state index is 0.00911. The fourth-order valence-corrected chi connectivity index (χ4v) is 6.38. The molecular formula is C34H33ClFN5O2. The monoisotopic (exact) mass is 597 g/mol. The smallest absolute Gasteiger partial charge is 0.247 e. The Hall–Kier alpha value is -4.30. The number of aromatic nitrogens is 3. The molecule has 1 unspecified atom stereocenters. The van der Waals surface area contributed by atoms with Gasteiger partial charge >= 0.3 is 0 Å². The Morgan fingerprint density at radius 3 is 2.63 bits per heavy atom. The molecule has 220 valence electrons. The van der Waals surface area contributed by atoms with Crippen molar-refractivity contribution in [2.75, 3.05) is 11.9 Å². The van der Waals surface area contributed by atoms with Crippen LogP contribution in [0.5, 0.6) is 0 Å². The number of benzene rings is 2. The number of rotatable bonds is 3. The van der Waals surface area contributed by atoms with Gasteiger partial charge in [0.2, 0.25) is 11.8 Å². The van der Waals surface area contributed by atoms with Crippen molar-refractivity contribution in [1.82, 2.24) is 19.7 Å². The fraction of sp³-hybridized carbons (Fsp3) is 0.294. The highest BCUT2D eigenvalue weighted by atomic mass is 35.5. The first-order chi connectivity index (χ1) is 20.7. The summed E-state index contributed by atoms with van der Waals surface area (Å²) in [6.07, 6.45) is 7.66. The molecule has 9 heteroatoms. The molecule has 6 rings (SSSR count). The Balaban J connectivity index is 1.39. The normalized spacial score (nSPS) is 19.2. The van der Waals surface area contributed by atoms with Crippen LogP contribution < -0.4 is 5.32 Å². The third kappa shape index (κ3) is 5.59. The molecule has 4 aromatic rings. The van der Waals surface area contributed by atoms with Gasteiger partial charge in [-0.25, -0.2) is 4.39 Å². The number of fused-ring (bicyclic) bond motifs is 4. The maximum absolute atomic E-state index is 15.7. The summed E-state index contributed by atoms with van der Waals surface area (Å²) in [5.41, 5.74) is 6.51. The van der Waals surface area contributed by atoms with Gasteiger partial charge in [0.15, 0.2) is 0 Å². The Morgan fingerprint density at radius 2 is 1.86 bits per heavy atom. The average Bonchev–Trinajstić information content (AvgIpc) is 3.34. The topological polar surface area (TPSA) is 80.1 Å². The lowest BCUT2D eigenvalue weighted by atomic mass is 9.89. The largest absolute Gasteiger partial charge is 0.330 e. The van der Waals surface area contributed by atoms with Gasteiger partial charge in [0, 0.05) is 60.4 Å². The molecule has 0 fully saturated rings. The number of aryl methyl sites for hydroxylation is 2. The van der Waals surface area contributed by atoms with Gasteiger partial charge in [-0.2, -0.15) is 5.10 Å². The second-order valence-electron chi connectivity index (χ2n) is 11.4. The number of para-hydroxylation sites is 1. The van der Waals surface area contributed by atoms with Crippen molar-refractivity contribution in [3.63, 3.8) is 0 Å². The zero-order chi connectivity index (χ0) is 30.2. The molecule has 1 N–H and O–H groups in total. The van der Waals surface area contributed by atoms with Crippen molar-refractivity contribution < 1.29 is 14.0 Å². The molecule has 0 saturated carbocycles. The molecule has 2 amide bonds. The van der Waals surface area contributed by atoms with Gasteiger partial charge < -0.3 is 10.2 Å². The van der Waals surface area contributed by atoms with Crippen LogP contribution in [0.3, 0.4) is 0 Å². The van der Waals surface area contributed by atoms with Crippen molar-refractivity contribution >= 4 is 34.7 Å². The number of pyridine rings is 1. The standard InChI is InChI=1S/C34H33ClFN5O2/c1-20-7-6-10-30(29-17-22(13-15-37-29)24-8-4-5-9-28(24)38-34(20)43)41-16-14-23(18-31(41)42)32-25(11-12-27(35)33(32)36)26-19-40(3)39-21(26)2/h4-5,8-9,11-13,15,17-20,30H,6-7,10,14,16H2,1-3H3,(H,38,43)/t20?,30-/m0/s1. The van der Waals surface area contributed by atoms with Crippen LogP contribution in [-0.2, 0) is 16.6 Å². The summed E-state index contributed by atoms with van der Waals surface area (Å²) in [5.74, 6) is -0.960. The number of anilines is 1. The van der Waals surface area contributed by atoms with Gasteiger partial charge in [-0.15, -0.1) is 0 Å². The number of halogens is 2. The number of carbonyl (C=O) groups excluding carboxylic acids is 2. The minimum atomic E-state index is -0.541. The van der Waals surface area contributed by atoms with E-state index in [1.54, 1.807) is 29.1 Å². The summed E-state index contributed by atoms with van der Waals surface area (Å²) >= 11 is 6.25. The minimum Gasteiger partial charge on any atom is -0.330 e. The van der Waals surface area contributed by atoms with Crippen molar-refractivity contribution in [1.29, 1.82) is 0 Å². The van der Waals surface area contributed by atoms with E-state index in [0.29, 0.717) is 42.5 Å². The van der Waals surface area contributed by atoms with Crippen LogP contribution in [0.4, 0.5) is 10.1 Å². The molecule has 4 heterocycles. The highest BCUT2D eigenvalue weighted by molar-refractivity contribution is 6.31. The number of hydrogen-bond acceptors (Lipinski definition) is 4. The maximum atomic E-state index is 15.7. The molecule has 43 heavy (non-hydrogen) atoms. The van der Waals surface area contributed by atoms with Gasteiger partial charge in [0.1, 0.15) is 5.82 Å². The molecule has 0 aliphatic carbocycles. The summed E-state index contributed by atoms with van der Waals surface area (Å²) < 4.78 is 17.4. The molecule has 0 saturated heterocycles. The van der Waals surface area contributed by atoms with Gasteiger partial charge in [-0.3, -0.25) is 19.3 Å². The number of nitrogens with zero attached hydrogens (tertiary/aromatic N) is 4. The van der Waals surface area contributed by atoms with Gasteiger partial charge in [-0.1, -0.05) is 49.2 Å². The fourth-order valence-electron chi connectivity index (χ4n) is 6.22. The lowest BCUT2D eigenvalue weighted by molar-refractivity contribution is -0.129. The molecular weight excluding hydrogens is 565 g/mol. The predicted octanol–water partition coefficient (Wildman–Crippen LogP) is 7.37. The van der Waals surface area contributed by atoms with Crippen molar-refractivity contribution in [3.8, 4) is 22.3 Å². The molecule has 2 aliphatic rings. The van der Waals surface area contributed by atoms with Gasteiger partial charge in [-0.05, 0) is 67.2 Å². The molecule has 2 aromatic heterocycles. The first kappa shape index (κ1) is 28.8. The molecule has 7 nitrogen and oxygen atoms in total. The first-order valence-electron chi connectivity index (χ1n) is 14.6. The van der Waals surface area contributed by atoms with E-state index in [1.165, 1.54) is 0 Å². The SMILES string of the molecule is Cc1nn(C)cc1-c1ccc(Cl)c(F)c1C1=CC(=O)N([C@H]2CCCC(C)C(=O)Nc3ccccc3-c3ccnc2c3)CC1. The van der Waals surface area contributed by atoms with E-state index in [1.807, 2.05) is 68.4 Å². The van der Waals surface area contributed by atoms with Gasteiger partial charge in [0.05, 0.1) is 22.5 Å². The summed E-state index contributed by atoms with van der Waals surface area (Å²) in [7, 11) is 1.82. The number of nitrogens with one attached hydrogen (secondary N) is 1. The average molecular weight is 598 g/mol. The van der Waals surface area contributed by atoms with Crippen LogP contribution in [-0.4, -0.2) is 38.0 Å². The van der Waals surface area contributed by atoms with E-state index >= 15 is 4.39 Å². The summed E-state index contributed by atoms with van der Waals surface area (Å²) in [4.78, 5) is 33.4. The summed E-state index contributed by atoms with van der Waals surface area (Å²) in [6, 6.07) is 14.7. The first-order valence-corrected chi connectivity index (χ1v) is 15.0. The van der Waals surface area contributed by atoms with Crippen molar-refractivity contribution in [2.24, 2.45) is 13.0 Å². The second-order valence-corrected chi connectivity index (χ2v) is 11.8. The van der Waals surface area contributed by atoms with Crippen LogP contribution in [0, 0.1) is 18.7 Å². The number of carbonyl (C=O) groups is 2. The zero-order valence-electron chi connectivity index (χ0n) is 24.4. The molecule has 2 aliphatic heterocycles. The molecule has 0 radical (unpaired) electrons. The Bertz CT molecular complexity index is 1760. The summed E-state index contributed by atoms with van der Waals surface area (Å²) in [6.45, 7) is 4.20. The maximum Gasteiger partial charge on any atom is 0.247 e. The zero-order valence-corrected chi connectivity index (χ0v) is 25.2. The Labute approximate surface area is 255 Å². The molecule has 2 atom stereocenters. The highest BCUT2D eigenvalue weighted by Gasteiger charge is 2.31. The highest BCUT2D eigenvalue weighted by Crippen LogP contribution is 2.40. The van der Waals surface area contributed by atoms with E-state index in [2.05, 4.69) is 10.4 Å². The van der Waals surface area contributed by atoms with E-state index < -0.39 is 5.82 Å². The quantitative estimate of drug-likeness (QED) is 0.267. The van der Waals surface area contributed by atoms with E-state index in [-0.39, 0.29) is 28.8 Å². The Morgan fingerprint density at radius 1 is 1.05 bits per heavy atom. The van der Waals surface area contributed by atoms with E-state index in [9.17, 15) is 9.59 Å². The van der Waals surface area contributed by atoms with E-state index in [4.69, 9.17) is 16.6 Å². The van der Waals surface area contributed by atoms with Crippen LogP contribution in [0.25, 0.3) is 27.8 Å². The van der Waals surface area contributed by atoms with Crippen LogP contribution >= 0.6 is 11.6 Å². The molecule has 0 spiro atoms. The lowest BCUT2D eigenvalue weighted by Gasteiger charge is -2.35. The lowest BCUT2D eigenvalue weighted by Crippen LogP contribution is -2.38. The summed E-state index contributed by atoms with van der Waals surface area (Å²) in [5, 5.41) is 7.53. The van der Waals surface area contributed by atoms with Crippen LogP contribution in [0.1, 0.15) is 55.6 Å². The van der Waals surface area contributed by atoms with Crippen LogP contribution in [0.15, 0.2) is 67.0 Å². The number of amides is 2. The molecule has 2 bridgehead atoms.